The van der Waals surface area contributed by atoms with Crippen molar-refractivity contribution in [2.45, 2.75) is 12.8 Å². The normalized spacial score (nSPS) is 18.9. The van der Waals surface area contributed by atoms with E-state index in [0.717, 1.165) is 63.0 Å². The number of piperazine rings is 1. The van der Waals surface area contributed by atoms with Crippen LogP contribution < -0.4 is 14.5 Å². The largest absolute Gasteiger partial charge is 0.497 e. The second kappa shape index (κ2) is 9.48. The van der Waals surface area contributed by atoms with Crippen LogP contribution in [0.2, 0.25) is 0 Å². The lowest BCUT2D eigenvalue weighted by Gasteiger charge is -2.40. The van der Waals surface area contributed by atoms with Crippen molar-refractivity contribution in [1.29, 1.82) is 0 Å². The Labute approximate surface area is 193 Å². The van der Waals surface area contributed by atoms with E-state index in [2.05, 4.69) is 37.0 Å². The van der Waals surface area contributed by atoms with Crippen LogP contribution in [0.25, 0.3) is 5.82 Å². The molecule has 33 heavy (non-hydrogen) atoms. The molecular weight excluding hydrogens is 418 g/mol. The molecule has 3 aromatic rings. The Kier molecular flexibility index (Phi) is 6.10. The number of carbonyl (C=O) groups excluding carboxylic acids is 1. The first kappa shape index (κ1) is 21.2. The second-order valence-corrected chi connectivity index (χ2v) is 8.48. The molecule has 4 heterocycles. The van der Waals surface area contributed by atoms with Crippen LogP contribution in [0.3, 0.4) is 0 Å². The van der Waals surface area contributed by atoms with Crippen LogP contribution in [0.15, 0.2) is 55.1 Å². The zero-order chi connectivity index (χ0) is 22.6. The summed E-state index contributed by atoms with van der Waals surface area (Å²) in [7, 11) is 1.68. The van der Waals surface area contributed by atoms with Crippen LogP contribution in [-0.4, -0.2) is 76.9 Å². The number of methoxy groups -OCH3 is 1. The lowest BCUT2D eigenvalue weighted by molar-refractivity contribution is -0.136. The molecular formula is C24H29N7O2. The Bertz CT molecular complexity index is 1060. The maximum atomic E-state index is 13.3. The number of hydrogen-bond donors (Lipinski definition) is 0. The zero-order valence-electron chi connectivity index (χ0n) is 18.9. The average molecular weight is 448 g/mol. The highest BCUT2D eigenvalue weighted by atomic mass is 16.5. The van der Waals surface area contributed by atoms with Gasteiger partial charge < -0.3 is 19.4 Å². The first-order chi connectivity index (χ1) is 16.2. The van der Waals surface area contributed by atoms with Crippen molar-refractivity contribution in [3.05, 3.63) is 55.1 Å². The van der Waals surface area contributed by atoms with Crippen LogP contribution in [0, 0.1) is 5.92 Å². The molecule has 1 atom stereocenters. The third kappa shape index (κ3) is 4.62. The molecule has 1 aromatic carbocycles. The van der Waals surface area contributed by atoms with Gasteiger partial charge in [0.05, 0.1) is 13.0 Å². The Morgan fingerprint density at radius 2 is 1.79 bits per heavy atom. The number of hydrogen-bond acceptors (Lipinski definition) is 7. The number of anilines is 2. The summed E-state index contributed by atoms with van der Waals surface area (Å²) in [4.78, 5) is 28.7. The Hall–Kier alpha value is -3.62. The number of ether oxygens (including phenoxy) is 1. The van der Waals surface area contributed by atoms with Gasteiger partial charge in [-0.2, -0.15) is 5.10 Å². The van der Waals surface area contributed by atoms with Gasteiger partial charge in [-0.3, -0.25) is 4.79 Å². The molecule has 9 heteroatoms. The molecule has 2 aromatic heterocycles. The third-order valence-electron chi connectivity index (χ3n) is 6.50. The summed E-state index contributed by atoms with van der Waals surface area (Å²) >= 11 is 0. The highest BCUT2D eigenvalue weighted by molar-refractivity contribution is 5.80. The predicted molar refractivity (Wildman–Crippen MR) is 126 cm³/mol. The lowest BCUT2D eigenvalue weighted by atomic mass is 9.96. The van der Waals surface area contributed by atoms with Crippen LogP contribution >= 0.6 is 0 Å². The van der Waals surface area contributed by atoms with Crippen molar-refractivity contribution in [2.75, 3.05) is 56.2 Å². The summed E-state index contributed by atoms with van der Waals surface area (Å²) < 4.78 is 6.97. The summed E-state index contributed by atoms with van der Waals surface area (Å²) in [6, 6.07) is 11.9. The minimum absolute atomic E-state index is 0.00518. The fourth-order valence-corrected chi connectivity index (χ4v) is 4.66. The number of aromatic nitrogens is 4. The molecule has 172 valence electrons. The fraction of sp³-hybridized carbons (Fsp3) is 0.417. The van der Waals surface area contributed by atoms with Gasteiger partial charge in [0.25, 0.3) is 0 Å². The first-order valence-corrected chi connectivity index (χ1v) is 11.5. The molecule has 1 amide bonds. The van der Waals surface area contributed by atoms with Gasteiger partial charge in [-0.05, 0) is 43.2 Å². The van der Waals surface area contributed by atoms with Gasteiger partial charge in [0.15, 0.2) is 5.82 Å². The van der Waals surface area contributed by atoms with Crippen molar-refractivity contribution in [1.82, 2.24) is 24.6 Å². The molecule has 0 spiro atoms. The van der Waals surface area contributed by atoms with E-state index in [0.29, 0.717) is 6.54 Å². The number of piperidine rings is 1. The molecule has 0 aliphatic carbocycles. The highest BCUT2D eigenvalue weighted by Gasteiger charge is 2.31. The highest BCUT2D eigenvalue weighted by Crippen LogP contribution is 2.25. The average Bonchev–Trinajstić information content (AvgIpc) is 3.44. The summed E-state index contributed by atoms with van der Waals surface area (Å²) in [5.41, 5.74) is 1.17. The van der Waals surface area contributed by atoms with E-state index in [1.165, 1.54) is 5.69 Å². The van der Waals surface area contributed by atoms with E-state index in [4.69, 9.17) is 4.74 Å². The van der Waals surface area contributed by atoms with E-state index in [-0.39, 0.29) is 11.8 Å². The SMILES string of the molecule is COc1ccc(N2CCN(C(=O)C3CCCN(c4cc(-n5cccn5)ncn4)C3)CC2)cc1. The summed E-state index contributed by atoms with van der Waals surface area (Å²) in [5, 5.41) is 4.25. The molecule has 2 aliphatic rings. The molecule has 0 radical (unpaired) electrons. The molecule has 2 fully saturated rings. The van der Waals surface area contributed by atoms with Gasteiger partial charge >= 0.3 is 0 Å². The number of benzene rings is 1. The molecule has 2 saturated heterocycles. The monoisotopic (exact) mass is 447 g/mol. The number of carbonyl (C=O) groups is 1. The van der Waals surface area contributed by atoms with E-state index in [9.17, 15) is 4.79 Å². The Morgan fingerprint density at radius 3 is 2.52 bits per heavy atom. The fourth-order valence-electron chi connectivity index (χ4n) is 4.66. The molecule has 1 unspecified atom stereocenters. The molecule has 0 saturated carbocycles. The van der Waals surface area contributed by atoms with Gasteiger partial charge in [-0.1, -0.05) is 0 Å². The Balaban J connectivity index is 1.20. The van der Waals surface area contributed by atoms with Crippen molar-refractivity contribution in [2.24, 2.45) is 5.92 Å². The molecule has 2 aliphatic heterocycles. The van der Waals surface area contributed by atoms with Gasteiger partial charge in [-0.25, -0.2) is 14.6 Å². The molecule has 5 rings (SSSR count). The molecule has 0 N–H and O–H groups in total. The minimum Gasteiger partial charge on any atom is -0.497 e. The van der Waals surface area contributed by atoms with Crippen molar-refractivity contribution >= 4 is 17.4 Å². The summed E-state index contributed by atoms with van der Waals surface area (Å²) in [6.45, 7) is 4.76. The first-order valence-electron chi connectivity index (χ1n) is 11.5. The van der Waals surface area contributed by atoms with Crippen LogP contribution in [0.1, 0.15) is 12.8 Å². The van der Waals surface area contributed by atoms with Crippen LogP contribution in [-0.2, 0) is 4.79 Å². The van der Waals surface area contributed by atoms with E-state index < -0.39 is 0 Å². The maximum Gasteiger partial charge on any atom is 0.227 e. The van der Waals surface area contributed by atoms with Gasteiger partial charge in [0.1, 0.15) is 17.9 Å². The Morgan fingerprint density at radius 1 is 1.00 bits per heavy atom. The maximum absolute atomic E-state index is 13.3. The summed E-state index contributed by atoms with van der Waals surface area (Å²) in [6.07, 6.45) is 7.05. The van der Waals surface area contributed by atoms with Crippen molar-refractivity contribution in [3.63, 3.8) is 0 Å². The lowest BCUT2D eigenvalue weighted by Crippen LogP contribution is -2.52. The topological polar surface area (TPSA) is 79.6 Å². The second-order valence-electron chi connectivity index (χ2n) is 8.48. The molecule has 9 nitrogen and oxygen atoms in total. The zero-order valence-corrected chi connectivity index (χ0v) is 18.9. The number of amides is 1. The third-order valence-corrected chi connectivity index (χ3v) is 6.50. The van der Waals surface area contributed by atoms with Gasteiger partial charge in [-0.15, -0.1) is 0 Å². The van der Waals surface area contributed by atoms with Gasteiger partial charge in [0, 0.05) is 63.4 Å². The van der Waals surface area contributed by atoms with Crippen molar-refractivity contribution < 1.29 is 9.53 Å². The smallest absolute Gasteiger partial charge is 0.227 e. The van der Waals surface area contributed by atoms with Crippen LogP contribution in [0.5, 0.6) is 5.75 Å². The van der Waals surface area contributed by atoms with E-state index in [1.807, 2.05) is 35.4 Å². The number of nitrogens with zero attached hydrogens (tertiary/aromatic N) is 7. The van der Waals surface area contributed by atoms with Crippen molar-refractivity contribution in [3.8, 4) is 11.6 Å². The van der Waals surface area contributed by atoms with Gasteiger partial charge in [0.2, 0.25) is 5.91 Å². The van der Waals surface area contributed by atoms with E-state index >= 15 is 0 Å². The predicted octanol–water partition coefficient (Wildman–Crippen LogP) is 2.24. The number of rotatable bonds is 5. The van der Waals surface area contributed by atoms with Crippen LogP contribution in [0.4, 0.5) is 11.5 Å². The van der Waals surface area contributed by atoms with E-state index in [1.54, 1.807) is 24.3 Å². The minimum atomic E-state index is -0.00518. The molecule has 0 bridgehead atoms. The quantitative estimate of drug-likeness (QED) is 0.593. The summed E-state index contributed by atoms with van der Waals surface area (Å²) in [5.74, 6) is 2.69. The standard InChI is InChI=1S/C24H29N7O2/c1-33-21-7-5-20(6-8-21)28-12-14-29(15-13-28)24(32)19-4-2-10-30(17-19)22-16-23(26-18-25-22)31-11-3-9-27-31/h3,5-9,11,16,18-19H,2,4,10,12-15,17H2,1H3.